The maximum absolute atomic E-state index is 14.0. The molecule has 4 fully saturated rings. The number of fused-ring (bicyclic) bond motifs is 1. The largest absolute Gasteiger partial charge is 0.406 e. The van der Waals surface area contributed by atoms with E-state index in [4.69, 9.17) is 0 Å². The van der Waals surface area contributed by atoms with Gasteiger partial charge in [0.2, 0.25) is 11.8 Å². The van der Waals surface area contributed by atoms with Crippen molar-refractivity contribution >= 4 is 23.4 Å². The van der Waals surface area contributed by atoms with Crippen LogP contribution in [0.15, 0.2) is 30.3 Å². The first-order chi connectivity index (χ1) is 20.0. The van der Waals surface area contributed by atoms with Gasteiger partial charge in [-0.25, -0.2) is 0 Å². The van der Waals surface area contributed by atoms with Gasteiger partial charge in [-0.05, 0) is 64.3 Å². The molecule has 1 spiro atoms. The van der Waals surface area contributed by atoms with Crippen molar-refractivity contribution in [2.75, 3.05) is 71.5 Å². The molecule has 42 heavy (non-hydrogen) atoms. The summed E-state index contributed by atoms with van der Waals surface area (Å²) in [5, 5.41) is 0. The molecule has 4 aliphatic rings. The van der Waals surface area contributed by atoms with Crippen LogP contribution in [-0.2, 0) is 14.4 Å². The van der Waals surface area contributed by atoms with Gasteiger partial charge < -0.3 is 24.5 Å². The van der Waals surface area contributed by atoms with E-state index in [1.54, 1.807) is 19.0 Å². The second-order valence-corrected chi connectivity index (χ2v) is 12.4. The number of carbonyl (C=O) groups excluding carboxylic acids is 3. The lowest BCUT2D eigenvalue weighted by Gasteiger charge is -2.44. The number of alkyl halides is 3. The van der Waals surface area contributed by atoms with Crippen molar-refractivity contribution < 1.29 is 27.6 Å². The molecule has 10 nitrogen and oxygen atoms in total. The minimum absolute atomic E-state index is 0.0255. The Bertz CT molecular complexity index is 1130. The predicted molar refractivity (Wildman–Crippen MR) is 151 cm³/mol. The molecule has 1 saturated carbocycles. The molecule has 232 valence electrons. The van der Waals surface area contributed by atoms with E-state index in [0.29, 0.717) is 37.9 Å². The molecule has 0 radical (unpaired) electrons. The molecular weight excluding hydrogens is 551 g/mol. The molecule has 0 bridgehead atoms. The Morgan fingerprint density at radius 1 is 1.07 bits per heavy atom. The average Bonchev–Trinajstić information content (AvgIpc) is 3.53. The summed E-state index contributed by atoms with van der Waals surface area (Å²) in [7, 11) is 3.46. The molecule has 3 saturated heterocycles. The third kappa shape index (κ3) is 6.52. The molecule has 1 aliphatic carbocycles. The lowest BCUT2D eigenvalue weighted by atomic mass is 9.77. The van der Waals surface area contributed by atoms with Crippen LogP contribution in [0.2, 0.25) is 0 Å². The van der Waals surface area contributed by atoms with Gasteiger partial charge in [-0.3, -0.25) is 25.2 Å². The SMILES string of the molecule is CN(C)CCN(CC(F)(F)F)C(=O)CN1CN(c2ccccc2)C2(CCN(C(=O)C3CCC4NNCC4C3)CC2)C1=O. The number of piperidine rings is 1. The number of hydrogen-bond acceptors (Lipinski definition) is 7. The Morgan fingerprint density at radius 2 is 1.79 bits per heavy atom. The summed E-state index contributed by atoms with van der Waals surface area (Å²) in [6.45, 7) is 0.190. The maximum Gasteiger partial charge on any atom is 0.406 e. The minimum atomic E-state index is -4.54. The van der Waals surface area contributed by atoms with Crippen LogP contribution in [0.25, 0.3) is 0 Å². The lowest BCUT2D eigenvalue weighted by molar-refractivity contribution is -0.162. The molecule has 3 aliphatic heterocycles. The van der Waals surface area contributed by atoms with E-state index in [2.05, 4.69) is 10.9 Å². The topological polar surface area (TPSA) is 91.5 Å². The van der Waals surface area contributed by atoms with Gasteiger partial charge in [0.1, 0.15) is 18.6 Å². The van der Waals surface area contributed by atoms with Crippen molar-refractivity contribution in [3.8, 4) is 0 Å². The number of amides is 3. The van der Waals surface area contributed by atoms with E-state index in [9.17, 15) is 27.6 Å². The number of para-hydroxylation sites is 1. The fourth-order valence-electron chi connectivity index (χ4n) is 6.99. The van der Waals surface area contributed by atoms with Crippen molar-refractivity contribution in [2.45, 2.75) is 49.9 Å². The van der Waals surface area contributed by atoms with E-state index < -0.39 is 30.7 Å². The number of hydrazine groups is 1. The van der Waals surface area contributed by atoms with Crippen molar-refractivity contribution in [1.29, 1.82) is 0 Å². The summed E-state index contributed by atoms with van der Waals surface area (Å²) < 4.78 is 39.9. The normalized spacial score (nSPS) is 25.8. The standard InChI is InChI=1S/C29H42F3N7O3/c1-35(2)14-15-37(19-29(30,31)32)25(40)18-38-20-39(23-6-4-3-5-7-23)28(27(38)42)10-12-36(13-11-28)26(41)21-8-9-24-22(16-21)17-33-34-24/h3-7,21-22,24,33-34H,8-20H2,1-2H3. The Labute approximate surface area is 245 Å². The monoisotopic (exact) mass is 593 g/mol. The van der Waals surface area contributed by atoms with Crippen molar-refractivity contribution in [3.05, 3.63) is 30.3 Å². The van der Waals surface area contributed by atoms with Gasteiger partial charge in [0.05, 0.1) is 6.67 Å². The Balaban J connectivity index is 1.29. The summed E-state index contributed by atoms with van der Waals surface area (Å²) >= 11 is 0. The molecule has 1 aromatic rings. The fourth-order valence-corrected chi connectivity index (χ4v) is 6.99. The van der Waals surface area contributed by atoms with Crippen LogP contribution in [0, 0.1) is 11.8 Å². The predicted octanol–water partition coefficient (Wildman–Crippen LogP) is 1.50. The van der Waals surface area contributed by atoms with E-state index in [0.717, 1.165) is 36.4 Å². The Hall–Kier alpha value is -2.90. The summed E-state index contributed by atoms with van der Waals surface area (Å²) in [4.78, 5) is 48.5. The van der Waals surface area contributed by atoms with Gasteiger partial charge in [0.25, 0.3) is 5.91 Å². The van der Waals surface area contributed by atoms with Gasteiger partial charge >= 0.3 is 6.18 Å². The zero-order chi connectivity index (χ0) is 30.1. The number of likely N-dealkylation sites (N-methyl/N-ethyl adjacent to an activating group) is 1. The molecule has 5 rings (SSSR count). The zero-order valence-corrected chi connectivity index (χ0v) is 24.4. The first-order valence-corrected chi connectivity index (χ1v) is 14.9. The summed E-state index contributed by atoms with van der Waals surface area (Å²) in [5.74, 6) is -0.443. The summed E-state index contributed by atoms with van der Waals surface area (Å²) in [6.07, 6.45) is -1.12. The quantitative estimate of drug-likeness (QED) is 0.472. The molecule has 1 aromatic carbocycles. The first kappa shape index (κ1) is 30.6. The van der Waals surface area contributed by atoms with Gasteiger partial charge in [0, 0.05) is 50.4 Å². The highest BCUT2D eigenvalue weighted by molar-refractivity contribution is 5.96. The second-order valence-electron chi connectivity index (χ2n) is 12.4. The second kappa shape index (κ2) is 12.4. The number of hydrogen-bond donors (Lipinski definition) is 2. The molecule has 13 heteroatoms. The third-order valence-electron chi connectivity index (χ3n) is 9.33. The van der Waals surface area contributed by atoms with Crippen LogP contribution < -0.4 is 15.8 Å². The number of nitrogens with zero attached hydrogens (tertiary/aromatic N) is 5. The van der Waals surface area contributed by atoms with Gasteiger partial charge in [-0.15, -0.1) is 0 Å². The number of carbonyl (C=O) groups is 3. The van der Waals surface area contributed by atoms with E-state index in [-0.39, 0.29) is 37.5 Å². The van der Waals surface area contributed by atoms with Gasteiger partial charge in [-0.2, -0.15) is 13.2 Å². The highest BCUT2D eigenvalue weighted by Gasteiger charge is 2.55. The molecule has 3 heterocycles. The molecule has 3 unspecified atom stereocenters. The van der Waals surface area contributed by atoms with Crippen molar-refractivity contribution in [1.82, 2.24) is 30.5 Å². The summed E-state index contributed by atoms with van der Waals surface area (Å²) in [5.41, 5.74) is 6.34. The smallest absolute Gasteiger partial charge is 0.342 e. The third-order valence-corrected chi connectivity index (χ3v) is 9.33. The van der Waals surface area contributed by atoms with Crippen molar-refractivity contribution in [3.63, 3.8) is 0 Å². The maximum atomic E-state index is 14.0. The lowest BCUT2D eigenvalue weighted by Crippen LogP contribution is -2.58. The molecule has 3 atom stereocenters. The van der Waals surface area contributed by atoms with Crippen LogP contribution >= 0.6 is 0 Å². The number of anilines is 1. The highest BCUT2D eigenvalue weighted by atomic mass is 19.4. The van der Waals surface area contributed by atoms with Crippen LogP contribution in [0.1, 0.15) is 32.1 Å². The van der Waals surface area contributed by atoms with Gasteiger partial charge in [-0.1, -0.05) is 18.2 Å². The summed E-state index contributed by atoms with van der Waals surface area (Å²) in [6, 6.07) is 9.82. The van der Waals surface area contributed by atoms with E-state index >= 15 is 0 Å². The number of nitrogens with one attached hydrogen (secondary N) is 2. The van der Waals surface area contributed by atoms with Crippen LogP contribution in [-0.4, -0.2) is 122 Å². The van der Waals surface area contributed by atoms with E-state index in [1.807, 2.05) is 40.1 Å². The first-order valence-electron chi connectivity index (χ1n) is 14.9. The van der Waals surface area contributed by atoms with Crippen LogP contribution in [0.5, 0.6) is 0 Å². The minimum Gasteiger partial charge on any atom is -0.342 e. The molecule has 3 amide bonds. The number of benzene rings is 1. The molecular formula is C29H42F3N7O3. The van der Waals surface area contributed by atoms with Crippen LogP contribution in [0.3, 0.4) is 0 Å². The number of likely N-dealkylation sites (tertiary alicyclic amines) is 1. The average molecular weight is 594 g/mol. The van der Waals surface area contributed by atoms with Crippen molar-refractivity contribution in [2.24, 2.45) is 11.8 Å². The zero-order valence-electron chi connectivity index (χ0n) is 24.4. The van der Waals surface area contributed by atoms with E-state index in [1.165, 1.54) is 4.90 Å². The Morgan fingerprint density at radius 3 is 2.45 bits per heavy atom. The Kier molecular flexibility index (Phi) is 9.00. The highest BCUT2D eigenvalue weighted by Crippen LogP contribution is 2.40. The number of rotatable bonds is 8. The molecule has 2 N–H and O–H groups in total. The fraction of sp³-hybridized carbons (Fsp3) is 0.690. The number of halogens is 3. The van der Waals surface area contributed by atoms with Gasteiger partial charge in [0.15, 0.2) is 0 Å². The molecule has 0 aromatic heterocycles. The van der Waals surface area contributed by atoms with Crippen LogP contribution in [0.4, 0.5) is 18.9 Å².